The van der Waals surface area contributed by atoms with E-state index in [9.17, 15) is 10.1 Å². The van der Waals surface area contributed by atoms with Gasteiger partial charge in [-0.2, -0.15) is 0 Å². The highest BCUT2D eigenvalue weighted by Crippen LogP contribution is 2.23. The van der Waals surface area contributed by atoms with Gasteiger partial charge in [-0.15, -0.1) is 0 Å². The van der Waals surface area contributed by atoms with Gasteiger partial charge in [-0.1, -0.05) is 23.7 Å². The molecule has 0 unspecified atom stereocenters. The molecular formula is C13H8ClIN2O2. The molecule has 0 atom stereocenters. The van der Waals surface area contributed by atoms with Crippen molar-refractivity contribution >= 4 is 51.8 Å². The Morgan fingerprint density at radius 1 is 1.26 bits per heavy atom. The van der Waals surface area contributed by atoms with Crippen molar-refractivity contribution in [1.82, 2.24) is 0 Å². The van der Waals surface area contributed by atoms with Crippen LogP contribution in [-0.4, -0.2) is 11.1 Å². The van der Waals surface area contributed by atoms with Crippen LogP contribution >= 0.6 is 34.2 Å². The first-order valence-corrected chi connectivity index (χ1v) is 6.76. The standard InChI is InChI=1S/C13H8ClIN2O2/c14-11-6-5-10(17(18)19)7-9(11)8-16-13-4-2-1-3-12(13)15/h1-8H. The van der Waals surface area contributed by atoms with Crippen molar-refractivity contribution in [2.24, 2.45) is 4.99 Å². The topological polar surface area (TPSA) is 55.5 Å². The van der Waals surface area contributed by atoms with E-state index in [1.807, 2.05) is 24.3 Å². The molecule has 0 amide bonds. The number of aliphatic imine (C=N–C) groups is 1. The summed E-state index contributed by atoms with van der Waals surface area (Å²) >= 11 is 8.17. The third-order valence-corrected chi connectivity index (χ3v) is 3.64. The molecule has 2 aromatic carbocycles. The molecule has 0 saturated heterocycles. The van der Waals surface area contributed by atoms with Crippen molar-refractivity contribution in [2.75, 3.05) is 0 Å². The van der Waals surface area contributed by atoms with Gasteiger partial charge in [0.25, 0.3) is 5.69 Å². The largest absolute Gasteiger partial charge is 0.270 e. The molecule has 0 saturated carbocycles. The zero-order valence-electron chi connectivity index (χ0n) is 9.59. The van der Waals surface area contributed by atoms with Gasteiger partial charge < -0.3 is 0 Å². The first-order valence-electron chi connectivity index (χ1n) is 5.30. The van der Waals surface area contributed by atoms with Crippen LogP contribution < -0.4 is 0 Å². The van der Waals surface area contributed by atoms with Crippen LogP contribution in [0.3, 0.4) is 0 Å². The second-order valence-corrected chi connectivity index (χ2v) is 5.24. The number of benzene rings is 2. The average Bonchev–Trinajstić information content (AvgIpc) is 2.39. The lowest BCUT2D eigenvalue weighted by atomic mass is 10.2. The summed E-state index contributed by atoms with van der Waals surface area (Å²) in [6.07, 6.45) is 1.53. The van der Waals surface area contributed by atoms with Gasteiger partial charge in [-0.25, -0.2) is 0 Å². The second-order valence-electron chi connectivity index (χ2n) is 3.67. The summed E-state index contributed by atoms with van der Waals surface area (Å²) in [7, 11) is 0. The lowest BCUT2D eigenvalue weighted by Gasteiger charge is -1.99. The molecule has 0 aliphatic carbocycles. The maximum atomic E-state index is 10.7. The van der Waals surface area contributed by atoms with Crippen LogP contribution in [0.5, 0.6) is 0 Å². The summed E-state index contributed by atoms with van der Waals surface area (Å²) < 4.78 is 0.998. The zero-order valence-corrected chi connectivity index (χ0v) is 12.5. The van der Waals surface area contributed by atoms with Crippen molar-refractivity contribution in [1.29, 1.82) is 0 Å². The minimum absolute atomic E-state index is 0.00592. The maximum Gasteiger partial charge on any atom is 0.270 e. The summed E-state index contributed by atoms with van der Waals surface area (Å²) in [5, 5.41) is 11.1. The third kappa shape index (κ3) is 3.51. The Kier molecular flexibility index (Phi) is 4.49. The van der Waals surface area contributed by atoms with Gasteiger partial charge >= 0.3 is 0 Å². The number of rotatable bonds is 3. The first-order chi connectivity index (χ1) is 9.08. The van der Waals surface area contributed by atoms with Crippen LogP contribution in [0.25, 0.3) is 0 Å². The van der Waals surface area contributed by atoms with E-state index < -0.39 is 4.92 Å². The Morgan fingerprint density at radius 2 is 2.00 bits per heavy atom. The summed E-state index contributed by atoms with van der Waals surface area (Å²) in [5.74, 6) is 0. The van der Waals surface area contributed by atoms with E-state index in [1.165, 1.54) is 24.4 Å². The van der Waals surface area contributed by atoms with Crippen molar-refractivity contribution < 1.29 is 4.92 Å². The lowest BCUT2D eigenvalue weighted by Crippen LogP contribution is -1.91. The number of non-ortho nitro benzene ring substituents is 1. The highest BCUT2D eigenvalue weighted by molar-refractivity contribution is 14.1. The number of halogens is 2. The van der Waals surface area contributed by atoms with E-state index in [0.29, 0.717) is 10.6 Å². The third-order valence-electron chi connectivity index (χ3n) is 2.39. The van der Waals surface area contributed by atoms with E-state index in [-0.39, 0.29) is 5.69 Å². The van der Waals surface area contributed by atoms with Crippen LogP contribution in [0.4, 0.5) is 11.4 Å². The molecule has 0 heterocycles. The quantitative estimate of drug-likeness (QED) is 0.335. The van der Waals surface area contributed by atoms with Gasteiger partial charge in [-0.3, -0.25) is 15.1 Å². The molecule has 19 heavy (non-hydrogen) atoms. The first kappa shape index (κ1) is 14.0. The van der Waals surface area contributed by atoms with Gasteiger partial charge in [0, 0.05) is 32.5 Å². The molecule has 0 aliphatic heterocycles. The molecule has 6 heteroatoms. The lowest BCUT2D eigenvalue weighted by molar-refractivity contribution is -0.384. The normalized spacial score (nSPS) is 10.8. The van der Waals surface area contributed by atoms with E-state index in [4.69, 9.17) is 11.6 Å². The van der Waals surface area contributed by atoms with Gasteiger partial charge in [-0.05, 0) is 40.8 Å². The molecule has 4 nitrogen and oxygen atoms in total. The Hall–Kier alpha value is -1.47. The molecule has 0 N–H and O–H groups in total. The van der Waals surface area contributed by atoms with Gasteiger partial charge in [0.05, 0.1) is 10.6 Å². The number of nitrogens with zero attached hydrogens (tertiary/aromatic N) is 2. The highest BCUT2D eigenvalue weighted by Gasteiger charge is 2.08. The smallest absolute Gasteiger partial charge is 0.258 e. The van der Waals surface area contributed by atoms with E-state index in [0.717, 1.165) is 9.26 Å². The van der Waals surface area contributed by atoms with Crippen LogP contribution in [0.2, 0.25) is 5.02 Å². The summed E-state index contributed by atoms with van der Waals surface area (Å²) in [6, 6.07) is 11.9. The summed E-state index contributed by atoms with van der Waals surface area (Å²) in [4.78, 5) is 14.5. The number of nitro benzene ring substituents is 1. The molecule has 2 rings (SSSR count). The van der Waals surface area contributed by atoms with E-state index in [2.05, 4.69) is 27.6 Å². The Bertz CT molecular complexity index is 659. The van der Waals surface area contributed by atoms with Crippen LogP contribution in [0.15, 0.2) is 47.5 Å². The number of hydrogen-bond acceptors (Lipinski definition) is 3. The number of para-hydroxylation sites is 1. The van der Waals surface area contributed by atoms with Gasteiger partial charge in [0.2, 0.25) is 0 Å². The SMILES string of the molecule is O=[N+]([O-])c1ccc(Cl)c(C=Nc2ccccc2I)c1. The molecule has 2 aromatic rings. The maximum absolute atomic E-state index is 10.7. The van der Waals surface area contributed by atoms with Crippen molar-refractivity contribution in [2.45, 2.75) is 0 Å². The minimum Gasteiger partial charge on any atom is -0.258 e. The fraction of sp³-hybridized carbons (Fsp3) is 0. The summed E-state index contributed by atoms with van der Waals surface area (Å²) in [5.41, 5.74) is 1.31. The zero-order chi connectivity index (χ0) is 13.8. The molecule has 96 valence electrons. The van der Waals surface area contributed by atoms with E-state index >= 15 is 0 Å². The Labute approximate surface area is 128 Å². The molecule has 0 bridgehead atoms. The van der Waals surface area contributed by atoms with Gasteiger partial charge in [0.15, 0.2) is 0 Å². The number of hydrogen-bond donors (Lipinski definition) is 0. The monoisotopic (exact) mass is 386 g/mol. The molecule has 0 fully saturated rings. The molecule has 0 radical (unpaired) electrons. The Morgan fingerprint density at radius 3 is 2.68 bits per heavy atom. The summed E-state index contributed by atoms with van der Waals surface area (Å²) in [6.45, 7) is 0. The number of nitro groups is 1. The van der Waals surface area contributed by atoms with E-state index in [1.54, 1.807) is 0 Å². The van der Waals surface area contributed by atoms with Crippen LogP contribution in [0.1, 0.15) is 5.56 Å². The highest BCUT2D eigenvalue weighted by atomic mass is 127. The van der Waals surface area contributed by atoms with Crippen molar-refractivity contribution in [3.05, 3.63) is 66.7 Å². The van der Waals surface area contributed by atoms with Crippen LogP contribution in [-0.2, 0) is 0 Å². The van der Waals surface area contributed by atoms with Crippen molar-refractivity contribution in [3.63, 3.8) is 0 Å². The minimum atomic E-state index is -0.458. The molecule has 0 aromatic heterocycles. The Balaban J connectivity index is 2.35. The molecule has 0 spiro atoms. The van der Waals surface area contributed by atoms with Crippen molar-refractivity contribution in [3.8, 4) is 0 Å². The average molecular weight is 387 g/mol. The fourth-order valence-electron chi connectivity index (χ4n) is 1.44. The van der Waals surface area contributed by atoms with Crippen LogP contribution in [0, 0.1) is 13.7 Å². The molecular weight excluding hydrogens is 379 g/mol. The second kappa shape index (κ2) is 6.12. The predicted molar refractivity (Wildman–Crippen MR) is 84.5 cm³/mol. The fourth-order valence-corrected chi connectivity index (χ4v) is 2.13. The molecule has 0 aliphatic rings. The predicted octanol–water partition coefficient (Wildman–Crippen LogP) is 4.60. The van der Waals surface area contributed by atoms with Gasteiger partial charge in [0.1, 0.15) is 0 Å².